The first-order chi connectivity index (χ1) is 13.7. The van der Waals surface area contributed by atoms with Crippen molar-refractivity contribution in [3.8, 4) is 0 Å². The molecule has 29 heavy (non-hydrogen) atoms. The zero-order chi connectivity index (χ0) is 21.6. The normalized spacial score (nSPS) is 10.6. The van der Waals surface area contributed by atoms with E-state index in [1.807, 2.05) is 26.0 Å². The molecule has 0 aliphatic carbocycles. The number of carbonyl (C=O) groups excluding carboxylic acids is 2. The third-order valence-electron chi connectivity index (χ3n) is 4.19. The Morgan fingerprint density at radius 1 is 1.10 bits per heavy atom. The van der Waals surface area contributed by atoms with E-state index in [0.717, 1.165) is 11.1 Å². The summed E-state index contributed by atoms with van der Waals surface area (Å²) < 4.78 is 0. The maximum absolute atomic E-state index is 12.0. The van der Waals surface area contributed by atoms with Gasteiger partial charge < -0.3 is 10.2 Å². The molecule has 2 N–H and O–H groups in total. The first-order valence-corrected chi connectivity index (χ1v) is 8.82. The van der Waals surface area contributed by atoms with Gasteiger partial charge in [0.2, 0.25) is 11.8 Å². The molecule has 0 aromatic heterocycles. The summed E-state index contributed by atoms with van der Waals surface area (Å²) >= 11 is 0. The molecule has 152 valence electrons. The third kappa shape index (κ3) is 6.13. The van der Waals surface area contributed by atoms with Crippen molar-refractivity contribution < 1.29 is 14.5 Å². The molecule has 0 atom stereocenters. The van der Waals surface area contributed by atoms with Gasteiger partial charge in [0.25, 0.3) is 5.69 Å². The SMILES string of the molecule is Cc1ccc(NC(=O)CC(=O)NN=Cc2ccc(N(C)C)c([N+](=O)[O-])c2)cc1C. The number of nitrogens with zero attached hydrogens (tertiary/aromatic N) is 3. The van der Waals surface area contributed by atoms with Crippen LogP contribution in [0.5, 0.6) is 0 Å². The lowest BCUT2D eigenvalue weighted by Gasteiger charge is -2.12. The number of hydrogen-bond acceptors (Lipinski definition) is 6. The average Bonchev–Trinajstić information content (AvgIpc) is 2.64. The van der Waals surface area contributed by atoms with Crippen LogP contribution in [0.1, 0.15) is 23.1 Å². The van der Waals surface area contributed by atoms with Crippen molar-refractivity contribution in [1.82, 2.24) is 5.43 Å². The lowest BCUT2D eigenvalue weighted by atomic mass is 10.1. The molecule has 2 aromatic carbocycles. The summed E-state index contributed by atoms with van der Waals surface area (Å²) in [6.07, 6.45) is 0.884. The van der Waals surface area contributed by atoms with E-state index in [-0.39, 0.29) is 5.69 Å². The lowest BCUT2D eigenvalue weighted by molar-refractivity contribution is -0.384. The molecular weight excluding hydrogens is 374 g/mol. The van der Waals surface area contributed by atoms with Gasteiger partial charge in [-0.15, -0.1) is 0 Å². The Morgan fingerprint density at radius 3 is 2.45 bits per heavy atom. The van der Waals surface area contributed by atoms with Crippen molar-refractivity contribution in [3.05, 3.63) is 63.2 Å². The number of anilines is 2. The van der Waals surface area contributed by atoms with Gasteiger partial charge in [0, 0.05) is 31.4 Å². The highest BCUT2D eigenvalue weighted by molar-refractivity contribution is 6.03. The number of nitro benzene ring substituents is 1. The van der Waals surface area contributed by atoms with Crippen LogP contribution in [0.3, 0.4) is 0 Å². The van der Waals surface area contributed by atoms with Crippen LogP contribution in [0, 0.1) is 24.0 Å². The van der Waals surface area contributed by atoms with Gasteiger partial charge in [-0.1, -0.05) is 12.1 Å². The van der Waals surface area contributed by atoms with Gasteiger partial charge in [-0.3, -0.25) is 19.7 Å². The predicted molar refractivity (Wildman–Crippen MR) is 112 cm³/mol. The fourth-order valence-corrected chi connectivity index (χ4v) is 2.53. The standard InChI is InChI=1S/C20H23N5O4/c1-13-5-7-16(9-14(13)2)22-19(26)11-20(27)23-21-12-15-6-8-17(24(3)4)18(10-15)25(28)29/h5-10,12H,11H2,1-4H3,(H,22,26)(H,23,27). The molecule has 0 spiro atoms. The van der Waals surface area contributed by atoms with Gasteiger partial charge in [-0.05, 0) is 43.2 Å². The van der Waals surface area contributed by atoms with Crippen molar-refractivity contribution in [1.29, 1.82) is 0 Å². The Balaban J connectivity index is 1.93. The summed E-state index contributed by atoms with van der Waals surface area (Å²) in [6, 6.07) is 10.1. The Kier molecular flexibility index (Phi) is 7.02. The highest BCUT2D eigenvalue weighted by Gasteiger charge is 2.15. The molecule has 9 heteroatoms. The van der Waals surface area contributed by atoms with E-state index in [9.17, 15) is 19.7 Å². The van der Waals surface area contributed by atoms with Crippen molar-refractivity contribution in [3.63, 3.8) is 0 Å². The molecule has 0 heterocycles. The Hall–Kier alpha value is -3.75. The van der Waals surface area contributed by atoms with Crippen molar-refractivity contribution >= 4 is 35.1 Å². The summed E-state index contributed by atoms with van der Waals surface area (Å²) in [5, 5.41) is 17.6. The maximum Gasteiger partial charge on any atom is 0.293 e. The first kappa shape index (κ1) is 21.5. The zero-order valence-electron chi connectivity index (χ0n) is 16.7. The zero-order valence-corrected chi connectivity index (χ0v) is 16.7. The van der Waals surface area contributed by atoms with Crippen LogP contribution < -0.4 is 15.6 Å². The molecular formula is C20H23N5O4. The maximum atomic E-state index is 12.0. The Labute approximate surface area is 168 Å². The van der Waals surface area contributed by atoms with E-state index < -0.39 is 23.2 Å². The molecule has 0 saturated heterocycles. The van der Waals surface area contributed by atoms with Crippen LogP contribution in [0.4, 0.5) is 17.1 Å². The van der Waals surface area contributed by atoms with Crippen LogP contribution in [-0.4, -0.2) is 37.0 Å². The topological polar surface area (TPSA) is 117 Å². The molecule has 0 unspecified atom stereocenters. The number of rotatable bonds is 7. The van der Waals surface area contributed by atoms with Gasteiger partial charge in [-0.25, -0.2) is 5.43 Å². The quantitative estimate of drug-likeness (QED) is 0.322. The second kappa shape index (κ2) is 9.45. The number of amides is 2. The molecule has 0 aliphatic rings. The third-order valence-corrected chi connectivity index (χ3v) is 4.19. The molecule has 9 nitrogen and oxygen atoms in total. The average molecular weight is 397 g/mol. The van der Waals surface area contributed by atoms with Gasteiger partial charge >= 0.3 is 0 Å². The number of carbonyl (C=O) groups is 2. The highest BCUT2D eigenvalue weighted by atomic mass is 16.6. The number of nitro groups is 1. The number of nitrogens with one attached hydrogen (secondary N) is 2. The van der Waals surface area contributed by atoms with E-state index in [4.69, 9.17) is 0 Å². The number of hydrogen-bond donors (Lipinski definition) is 2. The smallest absolute Gasteiger partial charge is 0.293 e. The Morgan fingerprint density at radius 2 is 1.83 bits per heavy atom. The minimum atomic E-state index is -0.595. The Bertz CT molecular complexity index is 969. The molecule has 0 fully saturated rings. The first-order valence-electron chi connectivity index (χ1n) is 8.82. The number of aryl methyl sites for hydroxylation is 2. The largest absolute Gasteiger partial charge is 0.372 e. The molecule has 0 saturated carbocycles. The van der Waals surface area contributed by atoms with Crippen LogP contribution in [-0.2, 0) is 9.59 Å². The molecule has 2 amide bonds. The lowest BCUT2D eigenvalue weighted by Crippen LogP contribution is -2.24. The fourth-order valence-electron chi connectivity index (χ4n) is 2.53. The summed E-state index contributed by atoms with van der Waals surface area (Å²) in [6.45, 7) is 3.90. The minimum Gasteiger partial charge on any atom is -0.372 e. The second-order valence-corrected chi connectivity index (χ2v) is 6.72. The van der Waals surface area contributed by atoms with E-state index in [1.165, 1.54) is 12.3 Å². The van der Waals surface area contributed by atoms with Crippen LogP contribution in [0.15, 0.2) is 41.5 Å². The fraction of sp³-hybridized carbons (Fsp3) is 0.250. The van der Waals surface area contributed by atoms with E-state index in [0.29, 0.717) is 16.9 Å². The predicted octanol–water partition coefficient (Wildman–Crippen LogP) is 2.76. The molecule has 2 aromatic rings. The molecule has 0 aliphatic heterocycles. The summed E-state index contributed by atoms with van der Waals surface area (Å²) in [4.78, 5) is 36.2. The van der Waals surface area contributed by atoms with Gasteiger partial charge in [0.05, 0.1) is 11.1 Å². The summed E-state index contributed by atoms with van der Waals surface area (Å²) in [7, 11) is 3.42. The molecule has 0 bridgehead atoms. The monoisotopic (exact) mass is 397 g/mol. The second-order valence-electron chi connectivity index (χ2n) is 6.72. The van der Waals surface area contributed by atoms with Crippen molar-refractivity contribution in [2.24, 2.45) is 5.10 Å². The summed E-state index contributed by atoms with van der Waals surface area (Å²) in [5.74, 6) is -1.06. The van der Waals surface area contributed by atoms with Crippen LogP contribution >= 0.6 is 0 Å². The number of benzene rings is 2. The summed E-state index contributed by atoms with van der Waals surface area (Å²) in [5.41, 5.74) is 5.83. The van der Waals surface area contributed by atoms with E-state index >= 15 is 0 Å². The van der Waals surface area contributed by atoms with Gasteiger partial charge in [-0.2, -0.15) is 5.10 Å². The van der Waals surface area contributed by atoms with Crippen LogP contribution in [0.25, 0.3) is 0 Å². The van der Waals surface area contributed by atoms with E-state index in [1.54, 1.807) is 37.2 Å². The van der Waals surface area contributed by atoms with Crippen molar-refractivity contribution in [2.75, 3.05) is 24.3 Å². The highest BCUT2D eigenvalue weighted by Crippen LogP contribution is 2.27. The van der Waals surface area contributed by atoms with Gasteiger partial charge in [0.1, 0.15) is 12.1 Å². The number of hydrazone groups is 1. The van der Waals surface area contributed by atoms with Gasteiger partial charge in [0.15, 0.2) is 0 Å². The minimum absolute atomic E-state index is 0.0713. The van der Waals surface area contributed by atoms with Crippen molar-refractivity contribution in [2.45, 2.75) is 20.3 Å². The molecule has 2 rings (SSSR count). The van der Waals surface area contributed by atoms with E-state index in [2.05, 4.69) is 15.8 Å². The molecule has 0 radical (unpaired) electrons. The van der Waals surface area contributed by atoms with Crippen LogP contribution in [0.2, 0.25) is 0 Å².